The molecule has 1 aliphatic carbocycles. The molecule has 0 radical (unpaired) electrons. The molecule has 2 aliphatic rings. The highest BCUT2D eigenvalue weighted by Gasteiger charge is 2.28. The molecule has 0 spiro atoms. The Morgan fingerprint density at radius 3 is 2.72 bits per heavy atom. The molecule has 1 aromatic carbocycles. The lowest BCUT2D eigenvalue weighted by Gasteiger charge is -2.34. The molecule has 1 fully saturated rings. The fourth-order valence-corrected chi connectivity index (χ4v) is 3.90. The Bertz CT molecular complexity index is 791. The first-order valence-corrected chi connectivity index (χ1v) is 9.10. The molecule has 132 valence electrons. The van der Waals surface area contributed by atoms with Crippen molar-refractivity contribution >= 4 is 0 Å². The largest absolute Gasteiger partial charge is 0.490 e. The first-order chi connectivity index (χ1) is 12.1. The van der Waals surface area contributed by atoms with E-state index in [1.807, 2.05) is 4.57 Å². The summed E-state index contributed by atoms with van der Waals surface area (Å²) in [5, 5.41) is 0. The highest BCUT2D eigenvalue weighted by molar-refractivity contribution is 5.32. The maximum Gasteiger partial charge on any atom is 0.300 e. The minimum atomic E-state index is -0.278. The van der Waals surface area contributed by atoms with Crippen LogP contribution in [0.15, 0.2) is 41.3 Å². The minimum absolute atomic E-state index is 0.121. The van der Waals surface area contributed by atoms with Gasteiger partial charge in [0.15, 0.2) is 6.10 Å². The van der Waals surface area contributed by atoms with E-state index in [2.05, 4.69) is 36.2 Å². The van der Waals surface area contributed by atoms with Crippen molar-refractivity contribution in [2.75, 3.05) is 6.61 Å². The normalized spacial score (nSPS) is 21.4. The fourth-order valence-electron chi connectivity index (χ4n) is 3.90. The van der Waals surface area contributed by atoms with Crippen molar-refractivity contribution in [2.24, 2.45) is 0 Å². The smallest absolute Gasteiger partial charge is 0.300 e. The van der Waals surface area contributed by atoms with Crippen LogP contribution in [0.2, 0.25) is 0 Å². The van der Waals surface area contributed by atoms with Gasteiger partial charge in [-0.15, -0.1) is 0 Å². The third-order valence-corrected chi connectivity index (χ3v) is 5.47. The maximum atomic E-state index is 11.3. The van der Waals surface area contributed by atoms with Crippen LogP contribution in [-0.2, 0) is 12.0 Å². The molecular weight excluding hydrogens is 316 g/mol. The Labute approximate surface area is 147 Å². The molecule has 2 heterocycles. The first-order valence-electron chi connectivity index (χ1n) is 9.10. The predicted octanol–water partition coefficient (Wildman–Crippen LogP) is 3.31. The third kappa shape index (κ3) is 3.41. The Morgan fingerprint density at radius 2 is 1.96 bits per heavy atom. The summed E-state index contributed by atoms with van der Waals surface area (Å²) in [4.78, 5) is 15.1. The quantitative estimate of drug-likeness (QED) is 0.857. The average Bonchev–Trinajstić information content (AvgIpc) is 3.03. The predicted molar refractivity (Wildman–Crippen MR) is 95.3 cm³/mol. The van der Waals surface area contributed by atoms with E-state index >= 15 is 0 Å². The summed E-state index contributed by atoms with van der Waals surface area (Å²) in [6.45, 7) is 3.47. The Balaban J connectivity index is 1.35. The van der Waals surface area contributed by atoms with Crippen molar-refractivity contribution in [3.8, 4) is 11.8 Å². The summed E-state index contributed by atoms with van der Waals surface area (Å²) >= 11 is 0. The van der Waals surface area contributed by atoms with E-state index < -0.39 is 0 Å². The van der Waals surface area contributed by atoms with Crippen LogP contribution in [0.4, 0.5) is 0 Å². The number of hydrogen-bond acceptors (Lipinski definition) is 4. The van der Waals surface area contributed by atoms with Crippen molar-refractivity contribution in [1.29, 1.82) is 0 Å². The fraction of sp³-hybridized carbons (Fsp3) is 0.500. The molecule has 1 atom stereocenters. The minimum Gasteiger partial charge on any atom is -0.490 e. The molecule has 2 aromatic rings. The second-order valence-electron chi connectivity index (χ2n) is 7.40. The summed E-state index contributed by atoms with van der Waals surface area (Å²) in [6, 6.07) is 10.3. The second kappa shape index (κ2) is 6.54. The highest BCUT2D eigenvalue weighted by atomic mass is 16.6. The van der Waals surface area contributed by atoms with Crippen molar-refractivity contribution in [1.82, 2.24) is 9.55 Å². The zero-order chi connectivity index (χ0) is 17.3. The van der Waals surface area contributed by atoms with Crippen molar-refractivity contribution in [2.45, 2.75) is 57.1 Å². The molecule has 1 aliphatic heterocycles. The lowest BCUT2D eigenvalue weighted by Crippen LogP contribution is -2.25. The number of hydrogen-bond donors (Lipinski definition) is 0. The van der Waals surface area contributed by atoms with Crippen LogP contribution in [0.25, 0.3) is 0 Å². The van der Waals surface area contributed by atoms with Crippen LogP contribution in [0.3, 0.4) is 0 Å². The average molecular weight is 340 g/mol. The molecular formula is C20H24N2O3. The van der Waals surface area contributed by atoms with E-state index in [9.17, 15) is 4.79 Å². The summed E-state index contributed by atoms with van der Waals surface area (Å²) < 4.78 is 13.4. The SMILES string of the molecule is CC1(c2ccc(OCC3Cn4ccc(=O)nc4O3)cc2)CCCCC1. The van der Waals surface area contributed by atoms with Gasteiger partial charge in [-0.05, 0) is 36.0 Å². The van der Waals surface area contributed by atoms with E-state index in [1.165, 1.54) is 43.7 Å². The van der Waals surface area contributed by atoms with Crippen LogP contribution >= 0.6 is 0 Å². The van der Waals surface area contributed by atoms with E-state index in [4.69, 9.17) is 9.47 Å². The molecule has 1 unspecified atom stereocenters. The van der Waals surface area contributed by atoms with E-state index in [0.717, 1.165) is 5.75 Å². The third-order valence-electron chi connectivity index (χ3n) is 5.47. The summed E-state index contributed by atoms with van der Waals surface area (Å²) in [6.07, 6.45) is 8.15. The van der Waals surface area contributed by atoms with Crippen LogP contribution in [0.1, 0.15) is 44.6 Å². The molecule has 0 N–H and O–H groups in total. The summed E-state index contributed by atoms with van der Waals surface area (Å²) in [5.74, 6) is 0.852. The first kappa shape index (κ1) is 16.2. The topological polar surface area (TPSA) is 53.4 Å². The number of fused-ring (bicyclic) bond motifs is 1. The molecule has 4 rings (SSSR count). The Kier molecular flexibility index (Phi) is 4.24. The molecule has 0 bridgehead atoms. The lowest BCUT2D eigenvalue weighted by atomic mass is 9.71. The summed E-state index contributed by atoms with van der Waals surface area (Å²) in [5.41, 5.74) is 1.44. The van der Waals surface area contributed by atoms with Crippen molar-refractivity contribution < 1.29 is 9.47 Å². The van der Waals surface area contributed by atoms with Gasteiger partial charge >= 0.3 is 0 Å². The highest BCUT2D eigenvalue weighted by Crippen LogP contribution is 2.39. The monoisotopic (exact) mass is 340 g/mol. The molecule has 1 saturated carbocycles. The number of benzene rings is 1. The Morgan fingerprint density at radius 1 is 1.20 bits per heavy atom. The van der Waals surface area contributed by atoms with Crippen LogP contribution in [-0.4, -0.2) is 22.3 Å². The maximum absolute atomic E-state index is 11.3. The van der Waals surface area contributed by atoms with Crippen molar-refractivity contribution in [3.05, 3.63) is 52.4 Å². The van der Waals surface area contributed by atoms with Gasteiger partial charge in [-0.2, -0.15) is 4.98 Å². The van der Waals surface area contributed by atoms with Gasteiger partial charge in [0, 0.05) is 12.3 Å². The van der Waals surface area contributed by atoms with Gasteiger partial charge < -0.3 is 9.47 Å². The second-order valence-corrected chi connectivity index (χ2v) is 7.40. The van der Waals surface area contributed by atoms with Gasteiger partial charge in [0.1, 0.15) is 12.4 Å². The van der Waals surface area contributed by atoms with E-state index in [1.54, 1.807) is 6.20 Å². The number of ether oxygens (including phenoxy) is 2. The van der Waals surface area contributed by atoms with Gasteiger partial charge in [-0.1, -0.05) is 38.3 Å². The molecule has 5 heteroatoms. The van der Waals surface area contributed by atoms with Gasteiger partial charge in [-0.25, -0.2) is 0 Å². The lowest BCUT2D eigenvalue weighted by molar-refractivity contribution is 0.143. The number of rotatable bonds is 4. The van der Waals surface area contributed by atoms with E-state index in [0.29, 0.717) is 24.6 Å². The Hall–Kier alpha value is -2.30. The zero-order valence-electron chi connectivity index (χ0n) is 14.6. The van der Waals surface area contributed by atoms with Crippen LogP contribution < -0.4 is 15.0 Å². The van der Waals surface area contributed by atoms with Gasteiger partial charge in [0.05, 0.1) is 6.54 Å². The molecule has 25 heavy (non-hydrogen) atoms. The molecule has 1 aromatic heterocycles. The number of aromatic nitrogens is 2. The zero-order valence-corrected chi connectivity index (χ0v) is 14.6. The molecule has 5 nitrogen and oxygen atoms in total. The standard InChI is InChI=1S/C20H24N2O3/c1-20(10-3-2-4-11-20)15-5-7-16(8-6-15)24-14-17-13-22-12-9-18(23)21-19(22)25-17/h5-9,12,17H,2-4,10-11,13-14H2,1H3. The van der Waals surface area contributed by atoms with Crippen molar-refractivity contribution in [3.63, 3.8) is 0 Å². The molecule has 0 saturated heterocycles. The van der Waals surface area contributed by atoms with Gasteiger partial charge in [0.25, 0.3) is 11.6 Å². The summed E-state index contributed by atoms with van der Waals surface area (Å²) in [7, 11) is 0. The molecule has 0 amide bonds. The van der Waals surface area contributed by atoms with Gasteiger partial charge in [-0.3, -0.25) is 9.36 Å². The van der Waals surface area contributed by atoms with Gasteiger partial charge in [0.2, 0.25) is 0 Å². The van der Waals surface area contributed by atoms with Crippen LogP contribution in [0.5, 0.6) is 11.8 Å². The number of nitrogens with zero attached hydrogens (tertiary/aromatic N) is 2. The van der Waals surface area contributed by atoms with Crippen LogP contribution in [0, 0.1) is 0 Å². The van der Waals surface area contributed by atoms with E-state index in [-0.39, 0.29) is 11.7 Å².